The van der Waals surface area contributed by atoms with Crippen molar-refractivity contribution >= 4 is 0 Å². The van der Waals surface area contributed by atoms with Gasteiger partial charge in [-0.2, -0.15) is 0 Å². The van der Waals surface area contributed by atoms with E-state index in [1.807, 2.05) is 12.2 Å². The Balaban J connectivity index is 2.67. The molecule has 0 unspecified atom stereocenters. The van der Waals surface area contributed by atoms with Crippen molar-refractivity contribution in [3.63, 3.8) is 0 Å². The van der Waals surface area contributed by atoms with Crippen LogP contribution in [0, 0.1) is 0 Å². The van der Waals surface area contributed by atoms with Crippen LogP contribution < -0.4 is 0 Å². The third-order valence-corrected chi connectivity index (χ3v) is 4.31. The van der Waals surface area contributed by atoms with E-state index in [4.69, 9.17) is 0 Å². The van der Waals surface area contributed by atoms with Gasteiger partial charge in [-0.3, -0.25) is 4.90 Å². The van der Waals surface area contributed by atoms with Gasteiger partial charge < -0.3 is 0 Å². The van der Waals surface area contributed by atoms with Crippen LogP contribution >= 0.6 is 0 Å². The van der Waals surface area contributed by atoms with E-state index >= 15 is 0 Å². The normalized spacial score (nSPS) is 17.6. The molecule has 0 saturated heterocycles. The van der Waals surface area contributed by atoms with E-state index in [2.05, 4.69) is 38.0 Å². The minimum atomic E-state index is 0.481. The Kier molecular flexibility index (Phi) is 7.15. The summed E-state index contributed by atoms with van der Waals surface area (Å²) in [6.07, 6.45) is 15.3. The fourth-order valence-corrected chi connectivity index (χ4v) is 3.11. The van der Waals surface area contributed by atoms with Crippen LogP contribution in [-0.4, -0.2) is 23.5 Å². The minimum absolute atomic E-state index is 0.481. The molecular formula is C18H31N. The third kappa shape index (κ3) is 4.65. The smallest absolute Gasteiger partial charge is 0.0233 e. The van der Waals surface area contributed by atoms with Gasteiger partial charge in [0, 0.05) is 12.1 Å². The summed E-state index contributed by atoms with van der Waals surface area (Å²) in [5, 5.41) is 0. The molecular weight excluding hydrogens is 230 g/mol. The summed E-state index contributed by atoms with van der Waals surface area (Å²) < 4.78 is 0. The maximum Gasteiger partial charge on any atom is 0.0233 e. The lowest BCUT2D eigenvalue weighted by Gasteiger charge is -2.51. The largest absolute Gasteiger partial charge is 0.293 e. The third-order valence-electron chi connectivity index (χ3n) is 4.31. The predicted octanol–water partition coefficient (Wildman–Crippen LogP) is 5.11. The molecule has 0 heterocycles. The van der Waals surface area contributed by atoms with Crippen LogP contribution in [0.25, 0.3) is 0 Å². The molecule has 0 radical (unpaired) electrons. The van der Waals surface area contributed by atoms with Crippen molar-refractivity contribution in [3.05, 3.63) is 37.0 Å². The molecule has 0 atom stereocenters. The molecule has 0 amide bonds. The molecule has 1 rings (SSSR count). The zero-order valence-electron chi connectivity index (χ0n) is 13.0. The van der Waals surface area contributed by atoms with Crippen molar-refractivity contribution in [1.29, 1.82) is 0 Å². The Morgan fingerprint density at radius 3 is 2.47 bits per heavy atom. The zero-order valence-corrected chi connectivity index (χ0v) is 13.0. The molecule has 0 aromatic heterocycles. The number of nitrogens with zero attached hydrogens (tertiary/aromatic N) is 1. The molecule has 0 bridgehead atoms. The quantitative estimate of drug-likeness (QED) is 0.494. The highest BCUT2D eigenvalue weighted by Crippen LogP contribution is 2.41. The van der Waals surface area contributed by atoms with Gasteiger partial charge in [-0.25, -0.2) is 0 Å². The number of hydrogen-bond acceptors (Lipinski definition) is 1. The van der Waals surface area contributed by atoms with E-state index < -0.39 is 0 Å². The highest BCUT2D eigenvalue weighted by Gasteiger charge is 2.40. The lowest BCUT2D eigenvalue weighted by atomic mass is 9.72. The van der Waals surface area contributed by atoms with Crippen LogP contribution in [0.1, 0.15) is 58.8 Å². The second-order valence-electron chi connectivity index (χ2n) is 5.86. The zero-order chi connectivity index (χ0) is 14.1. The second-order valence-corrected chi connectivity index (χ2v) is 5.86. The van der Waals surface area contributed by atoms with Crippen molar-refractivity contribution in [1.82, 2.24) is 4.90 Å². The summed E-state index contributed by atoms with van der Waals surface area (Å²) in [7, 11) is 0. The van der Waals surface area contributed by atoms with E-state index in [1.54, 1.807) is 0 Å². The van der Waals surface area contributed by atoms with Gasteiger partial charge in [0.05, 0.1) is 0 Å². The van der Waals surface area contributed by atoms with Crippen LogP contribution in [0.5, 0.6) is 0 Å². The van der Waals surface area contributed by atoms with Gasteiger partial charge in [0.2, 0.25) is 0 Å². The average molecular weight is 261 g/mol. The first-order valence-corrected chi connectivity index (χ1v) is 7.90. The Morgan fingerprint density at radius 2 is 2.00 bits per heavy atom. The first-order valence-electron chi connectivity index (χ1n) is 7.90. The van der Waals surface area contributed by atoms with Crippen molar-refractivity contribution in [3.8, 4) is 0 Å². The number of rotatable bonds is 10. The van der Waals surface area contributed by atoms with Crippen molar-refractivity contribution in [2.45, 2.75) is 64.3 Å². The van der Waals surface area contributed by atoms with E-state index in [1.165, 1.54) is 57.1 Å². The van der Waals surface area contributed by atoms with Crippen LogP contribution in [-0.2, 0) is 0 Å². The lowest BCUT2D eigenvalue weighted by Crippen LogP contribution is -2.54. The Bertz CT molecular complexity index is 310. The monoisotopic (exact) mass is 261 g/mol. The molecule has 0 spiro atoms. The summed E-state index contributed by atoms with van der Waals surface area (Å²) in [5.41, 5.74) is 1.69. The number of hydrogen-bond donors (Lipinski definition) is 0. The van der Waals surface area contributed by atoms with Crippen LogP contribution in [0.2, 0.25) is 0 Å². The van der Waals surface area contributed by atoms with Gasteiger partial charge in [0.1, 0.15) is 0 Å². The highest BCUT2D eigenvalue weighted by molar-refractivity contribution is 5.20. The molecule has 0 aliphatic heterocycles. The molecule has 19 heavy (non-hydrogen) atoms. The molecule has 0 aromatic rings. The summed E-state index contributed by atoms with van der Waals surface area (Å²) in [6, 6.07) is 0. The van der Waals surface area contributed by atoms with Gasteiger partial charge in [0.15, 0.2) is 0 Å². The predicted molar refractivity (Wildman–Crippen MR) is 86.4 cm³/mol. The van der Waals surface area contributed by atoms with E-state index in [0.717, 1.165) is 6.54 Å². The maximum absolute atomic E-state index is 4.20. The van der Waals surface area contributed by atoms with E-state index in [-0.39, 0.29) is 0 Å². The van der Waals surface area contributed by atoms with Crippen molar-refractivity contribution in [2.75, 3.05) is 13.1 Å². The average Bonchev–Trinajstić information content (AvgIpc) is 2.36. The van der Waals surface area contributed by atoms with E-state index in [9.17, 15) is 0 Å². The van der Waals surface area contributed by atoms with Crippen LogP contribution in [0.4, 0.5) is 0 Å². The fraction of sp³-hybridized carbons (Fsp3) is 0.667. The molecule has 1 fully saturated rings. The van der Waals surface area contributed by atoms with Gasteiger partial charge >= 0.3 is 0 Å². The Labute approximate surface area is 120 Å². The molecule has 1 nitrogen and oxygen atoms in total. The molecule has 108 valence electrons. The number of allylic oxidation sites excluding steroid dienone is 2. The molecule has 1 aliphatic rings. The molecule has 1 saturated carbocycles. The maximum atomic E-state index is 4.20. The van der Waals surface area contributed by atoms with Gasteiger partial charge in [-0.1, -0.05) is 58.1 Å². The SMILES string of the molecule is C=C/C=C\C(=C)CN(CCCC)C1(CCC)CCC1. The fourth-order valence-electron chi connectivity index (χ4n) is 3.11. The first kappa shape index (κ1) is 16.2. The number of unbranched alkanes of at least 4 members (excludes halogenated alkanes) is 1. The molecule has 0 aromatic carbocycles. The van der Waals surface area contributed by atoms with Crippen LogP contribution in [0.3, 0.4) is 0 Å². The molecule has 0 N–H and O–H groups in total. The summed E-state index contributed by atoms with van der Waals surface area (Å²) >= 11 is 0. The van der Waals surface area contributed by atoms with E-state index in [0.29, 0.717) is 5.54 Å². The van der Waals surface area contributed by atoms with Crippen LogP contribution in [0.15, 0.2) is 37.0 Å². The van der Waals surface area contributed by atoms with Crippen molar-refractivity contribution < 1.29 is 0 Å². The van der Waals surface area contributed by atoms with Crippen molar-refractivity contribution in [2.24, 2.45) is 0 Å². The second kappa shape index (κ2) is 8.37. The lowest BCUT2D eigenvalue weighted by molar-refractivity contribution is 0.0143. The Morgan fingerprint density at radius 1 is 1.26 bits per heavy atom. The van der Waals surface area contributed by atoms with Gasteiger partial charge in [0.25, 0.3) is 0 Å². The molecule has 1 aliphatic carbocycles. The summed E-state index contributed by atoms with van der Waals surface area (Å²) in [4.78, 5) is 2.71. The minimum Gasteiger partial charge on any atom is -0.293 e. The first-order chi connectivity index (χ1) is 9.18. The molecule has 1 heteroatoms. The van der Waals surface area contributed by atoms with Gasteiger partial charge in [-0.15, -0.1) is 0 Å². The summed E-state index contributed by atoms with van der Waals surface area (Å²) in [5.74, 6) is 0. The topological polar surface area (TPSA) is 3.24 Å². The standard InChI is InChI=1S/C18H31N/c1-5-8-11-17(4)16-19(15-9-6-2)18(12-7-3)13-10-14-18/h5,8,11H,1,4,6-7,9-10,12-16H2,2-3H3/b11-8-. The Hall–Kier alpha value is -0.820. The highest BCUT2D eigenvalue weighted by atomic mass is 15.2. The summed E-state index contributed by atoms with van der Waals surface area (Å²) in [6.45, 7) is 14.7. The van der Waals surface area contributed by atoms with Gasteiger partial charge in [-0.05, 0) is 44.2 Å².